The fourth-order valence-electron chi connectivity index (χ4n) is 2.03. The van der Waals surface area contributed by atoms with Crippen molar-refractivity contribution in [1.82, 2.24) is 10.6 Å². The second kappa shape index (κ2) is 5.70. The SMILES string of the molecule is CC(=O)N[C@@H]1CCCC[C@H]1NCC(=O)O. The predicted molar refractivity (Wildman–Crippen MR) is 55.5 cm³/mol. The van der Waals surface area contributed by atoms with Crippen LogP contribution in [0.3, 0.4) is 0 Å². The number of carbonyl (C=O) groups excluding carboxylic acids is 1. The van der Waals surface area contributed by atoms with Crippen LogP contribution in [-0.2, 0) is 9.59 Å². The molecule has 0 unspecified atom stereocenters. The van der Waals surface area contributed by atoms with E-state index in [9.17, 15) is 9.59 Å². The molecular formula is C10H18N2O3. The Morgan fingerprint density at radius 2 is 1.87 bits per heavy atom. The summed E-state index contributed by atoms with van der Waals surface area (Å²) in [6, 6.07) is 0.175. The highest BCUT2D eigenvalue weighted by molar-refractivity contribution is 5.73. The molecule has 0 spiro atoms. The van der Waals surface area contributed by atoms with Gasteiger partial charge in [-0.25, -0.2) is 0 Å². The first kappa shape index (κ1) is 12.0. The summed E-state index contributed by atoms with van der Waals surface area (Å²) in [6.45, 7) is 1.45. The smallest absolute Gasteiger partial charge is 0.317 e. The molecule has 0 saturated heterocycles. The van der Waals surface area contributed by atoms with Gasteiger partial charge in [0.05, 0.1) is 6.54 Å². The monoisotopic (exact) mass is 214 g/mol. The molecule has 15 heavy (non-hydrogen) atoms. The Balaban J connectivity index is 2.42. The highest BCUT2D eigenvalue weighted by Crippen LogP contribution is 2.18. The zero-order valence-corrected chi connectivity index (χ0v) is 8.95. The minimum absolute atomic E-state index is 0.0409. The Morgan fingerprint density at radius 1 is 1.27 bits per heavy atom. The van der Waals surface area contributed by atoms with Crippen LogP contribution in [-0.4, -0.2) is 35.6 Å². The highest BCUT2D eigenvalue weighted by atomic mass is 16.4. The fourth-order valence-corrected chi connectivity index (χ4v) is 2.03. The maximum atomic E-state index is 10.9. The number of hydrogen-bond acceptors (Lipinski definition) is 3. The van der Waals surface area contributed by atoms with E-state index >= 15 is 0 Å². The van der Waals surface area contributed by atoms with E-state index < -0.39 is 5.97 Å². The average Bonchev–Trinajstić information content (AvgIpc) is 2.15. The van der Waals surface area contributed by atoms with Gasteiger partial charge in [-0.05, 0) is 12.8 Å². The topological polar surface area (TPSA) is 78.4 Å². The Morgan fingerprint density at radius 3 is 2.40 bits per heavy atom. The van der Waals surface area contributed by atoms with Crippen LogP contribution in [0.5, 0.6) is 0 Å². The molecule has 0 aromatic rings. The van der Waals surface area contributed by atoms with Gasteiger partial charge in [0, 0.05) is 19.0 Å². The van der Waals surface area contributed by atoms with Crippen LogP contribution in [0, 0.1) is 0 Å². The molecular weight excluding hydrogens is 196 g/mol. The summed E-state index contributed by atoms with van der Waals surface area (Å²) in [4.78, 5) is 21.4. The van der Waals surface area contributed by atoms with Crippen molar-refractivity contribution in [3.8, 4) is 0 Å². The highest BCUT2D eigenvalue weighted by Gasteiger charge is 2.25. The van der Waals surface area contributed by atoms with Gasteiger partial charge in [0.15, 0.2) is 0 Å². The van der Waals surface area contributed by atoms with Crippen molar-refractivity contribution < 1.29 is 14.7 Å². The Bertz CT molecular complexity index is 243. The lowest BCUT2D eigenvalue weighted by Gasteiger charge is -2.32. The number of rotatable bonds is 4. The van der Waals surface area contributed by atoms with Gasteiger partial charge < -0.3 is 15.7 Å². The van der Waals surface area contributed by atoms with Crippen molar-refractivity contribution in [3.63, 3.8) is 0 Å². The molecule has 86 valence electrons. The third kappa shape index (κ3) is 4.29. The summed E-state index contributed by atoms with van der Waals surface area (Å²) in [5, 5.41) is 14.4. The second-order valence-corrected chi connectivity index (χ2v) is 3.97. The molecule has 0 bridgehead atoms. The third-order valence-corrected chi connectivity index (χ3v) is 2.67. The standard InChI is InChI=1S/C10H18N2O3/c1-7(13)12-9-5-3-2-4-8(9)11-6-10(14)15/h8-9,11H,2-6H2,1H3,(H,12,13)(H,14,15)/t8-,9-/m1/s1. The lowest BCUT2D eigenvalue weighted by molar-refractivity contribution is -0.136. The molecule has 0 heterocycles. The number of amides is 1. The molecule has 3 N–H and O–H groups in total. The van der Waals surface area contributed by atoms with E-state index in [0.29, 0.717) is 0 Å². The molecule has 1 rings (SSSR count). The maximum absolute atomic E-state index is 10.9. The van der Waals surface area contributed by atoms with Gasteiger partial charge in [-0.15, -0.1) is 0 Å². The van der Waals surface area contributed by atoms with Crippen LogP contribution in [0.1, 0.15) is 32.6 Å². The van der Waals surface area contributed by atoms with Crippen molar-refractivity contribution in [1.29, 1.82) is 0 Å². The van der Waals surface area contributed by atoms with Gasteiger partial charge in [-0.1, -0.05) is 12.8 Å². The summed E-state index contributed by atoms with van der Waals surface area (Å²) in [5.41, 5.74) is 0. The van der Waals surface area contributed by atoms with Gasteiger partial charge in [-0.2, -0.15) is 0 Å². The Labute approximate surface area is 89.2 Å². The van der Waals surface area contributed by atoms with E-state index in [2.05, 4.69) is 10.6 Å². The zero-order valence-electron chi connectivity index (χ0n) is 8.95. The largest absolute Gasteiger partial charge is 0.480 e. The lowest BCUT2D eigenvalue weighted by atomic mass is 9.90. The Hall–Kier alpha value is -1.10. The van der Waals surface area contributed by atoms with Crippen LogP contribution in [0.15, 0.2) is 0 Å². The Kier molecular flexibility index (Phi) is 4.55. The number of hydrogen-bond donors (Lipinski definition) is 3. The molecule has 0 radical (unpaired) electrons. The second-order valence-electron chi connectivity index (χ2n) is 3.97. The van der Waals surface area contributed by atoms with E-state index in [0.717, 1.165) is 25.7 Å². The maximum Gasteiger partial charge on any atom is 0.317 e. The first-order valence-corrected chi connectivity index (χ1v) is 5.32. The fraction of sp³-hybridized carbons (Fsp3) is 0.800. The zero-order chi connectivity index (χ0) is 11.3. The molecule has 5 nitrogen and oxygen atoms in total. The van der Waals surface area contributed by atoms with Crippen LogP contribution in [0.4, 0.5) is 0 Å². The van der Waals surface area contributed by atoms with Crippen molar-refractivity contribution in [2.45, 2.75) is 44.7 Å². The number of aliphatic carboxylic acids is 1. The van der Waals surface area contributed by atoms with Gasteiger partial charge in [0.25, 0.3) is 0 Å². The number of carbonyl (C=O) groups is 2. The number of nitrogens with one attached hydrogen (secondary N) is 2. The number of carboxylic acid groups (broad SMARTS) is 1. The molecule has 1 aliphatic carbocycles. The van der Waals surface area contributed by atoms with Crippen LogP contribution in [0.25, 0.3) is 0 Å². The van der Waals surface area contributed by atoms with Crippen molar-refractivity contribution in [2.75, 3.05) is 6.54 Å². The first-order valence-electron chi connectivity index (χ1n) is 5.32. The normalized spacial score (nSPS) is 25.9. The summed E-state index contributed by atoms with van der Waals surface area (Å²) >= 11 is 0. The van der Waals surface area contributed by atoms with E-state index in [1.54, 1.807) is 0 Å². The van der Waals surface area contributed by atoms with Gasteiger partial charge in [0.1, 0.15) is 0 Å². The molecule has 2 atom stereocenters. The summed E-state index contributed by atoms with van der Waals surface area (Å²) in [5.74, 6) is -0.911. The van der Waals surface area contributed by atoms with E-state index in [-0.39, 0.29) is 24.5 Å². The van der Waals surface area contributed by atoms with E-state index in [4.69, 9.17) is 5.11 Å². The molecule has 1 fully saturated rings. The number of carboxylic acids is 1. The molecule has 0 aliphatic heterocycles. The van der Waals surface area contributed by atoms with Crippen LogP contribution in [0.2, 0.25) is 0 Å². The van der Waals surface area contributed by atoms with E-state index in [1.165, 1.54) is 6.92 Å². The third-order valence-electron chi connectivity index (χ3n) is 2.67. The molecule has 0 aromatic carbocycles. The summed E-state index contributed by atoms with van der Waals surface area (Å²) in [6.07, 6.45) is 4.04. The quantitative estimate of drug-likeness (QED) is 0.620. The van der Waals surface area contributed by atoms with Crippen LogP contribution < -0.4 is 10.6 Å². The van der Waals surface area contributed by atoms with Crippen LogP contribution >= 0.6 is 0 Å². The average molecular weight is 214 g/mol. The molecule has 1 amide bonds. The summed E-state index contributed by atoms with van der Waals surface area (Å²) in [7, 11) is 0. The molecule has 5 heteroatoms. The van der Waals surface area contributed by atoms with Crippen molar-refractivity contribution >= 4 is 11.9 Å². The molecule has 1 aliphatic rings. The van der Waals surface area contributed by atoms with Crippen molar-refractivity contribution in [3.05, 3.63) is 0 Å². The first-order chi connectivity index (χ1) is 7.09. The van der Waals surface area contributed by atoms with Gasteiger partial charge in [0.2, 0.25) is 5.91 Å². The lowest BCUT2D eigenvalue weighted by Crippen LogP contribution is -2.52. The predicted octanol–water partition coefficient (Wildman–Crippen LogP) is 0.108. The van der Waals surface area contributed by atoms with Crippen molar-refractivity contribution in [2.24, 2.45) is 0 Å². The summed E-state index contributed by atoms with van der Waals surface area (Å²) < 4.78 is 0. The van der Waals surface area contributed by atoms with E-state index in [1.807, 2.05) is 0 Å². The minimum atomic E-state index is -0.859. The molecule has 0 aromatic heterocycles. The minimum Gasteiger partial charge on any atom is -0.480 e. The van der Waals surface area contributed by atoms with Gasteiger partial charge in [-0.3, -0.25) is 9.59 Å². The van der Waals surface area contributed by atoms with Gasteiger partial charge >= 0.3 is 5.97 Å². The molecule has 1 saturated carbocycles.